The molecule has 0 aliphatic heterocycles. The van der Waals surface area contributed by atoms with Gasteiger partial charge in [0.25, 0.3) is 0 Å². The third-order valence-corrected chi connectivity index (χ3v) is 2.19. The lowest BCUT2D eigenvalue weighted by molar-refractivity contribution is -0.126. The Morgan fingerprint density at radius 1 is 1.24 bits per heavy atom. The largest absolute Gasteiger partial charge is 0.467 e. The van der Waals surface area contributed by atoms with Gasteiger partial charge in [-0.3, -0.25) is 9.59 Å². The maximum absolute atomic E-state index is 11.4. The zero-order chi connectivity index (χ0) is 12.5. The van der Waals surface area contributed by atoms with E-state index in [9.17, 15) is 9.59 Å². The van der Waals surface area contributed by atoms with Gasteiger partial charge in [-0.2, -0.15) is 0 Å². The van der Waals surface area contributed by atoms with Crippen LogP contribution in [0.15, 0.2) is 22.8 Å². The molecular formula is C12H18N2O3. The second-order valence-corrected chi connectivity index (χ2v) is 3.71. The predicted octanol–water partition coefficient (Wildman–Crippen LogP) is 1.20. The Bertz CT molecular complexity index is 347. The first-order valence-electron chi connectivity index (χ1n) is 5.78. The Morgan fingerprint density at radius 2 is 1.94 bits per heavy atom. The summed E-state index contributed by atoms with van der Waals surface area (Å²) in [6.07, 6.45) is 2.89. The molecule has 0 atom stereocenters. The third-order valence-electron chi connectivity index (χ3n) is 2.19. The molecule has 1 rings (SSSR count). The van der Waals surface area contributed by atoms with Crippen LogP contribution in [0.3, 0.4) is 0 Å². The molecule has 5 nitrogen and oxygen atoms in total. The monoisotopic (exact) mass is 238 g/mol. The molecule has 0 unspecified atom stereocenters. The highest BCUT2D eigenvalue weighted by Crippen LogP contribution is 1.99. The van der Waals surface area contributed by atoms with Gasteiger partial charge in [-0.15, -0.1) is 0 Å². The van der Waals surface area contributed by atoms with Crippen LogP contribution in [0, 0.1) is 0 Å². The van der Waals surface area contributed by atoms with E-state index in [2.05, 4.69) is 10.6 Å². The molecular weight excluding hydrogens is 220 g/mol. The van der Waals surface area contributed by atoms with Crippen LogP contribution in [0.25, 0.3) is 0 Å². The smallest absolute Gasteiger partial charge is 0.220 e. The molecule has 0 radical (unpaired) electrons. The van der Waals surface area contributed by atoms with Crippen molar-refractivity contribution in [2.75, 3.05) is 6.54 Å². The fraction of sp³-hybridized carbons (Fsp3) is 0.500. The molecule has 0 saturated carbocycles. The summed E-state index contributed by atoms with van der Waals surface area (Å²) >= 11 is 0. The maximum Gasteiger partial charge on any atom is 0.220 e. The summed E-state index contributed by atoms with van der Waals surface area (Å²) in [4.78, 5) is 22.6. The van der Waals surface area contributed by atoms with Crippen molar-refractivity contribution in [3.63, 3.8) is 0 Å². The molecule has 0 spiro atoms. The number of hydrogen-bond acceptors (Lipinski definition) is 3. The van der Waals surface area contributed by atoms with Gasteiger partial charge in [-0.05, 0) is 18.6 Å². The fourth-order valence-electron chi connectivity index (χ4n) is 1.27. The second kappa shape index (κ2) is 7.49. The lowest BCUT2D eigenvalue weighted by atomic mass is 10.2. The van der Waals surface area contributed by atoms with Crippen LogP contribution in [0.2, 0.25) is 0 Å². The van der Waals surface area contributed by atoms with E-state index in [1.54, 1.807) is 18.4 Å². The Hall–Kier alpha value is -1.78. The first-order valence-corrected chi connectivity index (χ1v) is 5.78. The average molecular weight is 238 g/mol. The highest BCUT2D eigenvalue weighted by Gasteiger charge is 2.06. The van der Waals surface area contributed by atoms with Gasteiger partial charge in [0, 0.05) is 19.4 Å². The lowest BCUT2D eigenvalue weighted by Crippen LogP contribution is -2.27. The van der Waals surface area contributed by atoms with Crippen LogP contribution in [0.4, 0.5) is 0 Å². The van der Waals surface area contributed by atoms with Gasteiger partial charge in [-0.1, -0.05) is 6.92 Å². The molecule has 0 aliphatic carbocycles. The fourth-order valence-corrected chi connectivity index (χ4v) is 1.27. The minimum absolute atomic E-state index is 0.0833. The average Bonchev–Trinajstić information content (AvgIpc) is 2.84. The Balaban J connectivity index is 2.11. The summed E-state index contributed by atoms with van der Waals surface area (Å²) in [7, 11) is 0. The Labute approximate surface area is 101 Å². The van der Waals surface area contributed by atoms with Gasteiger partial charge < -0.3 is 15.1 Å². The van der Waals surface area contributed by atoms with E-state index >= 15 is 0 Å². The van der Waals surface area contributed by atoms with E-state index in [1.807, 2.05) is 6.92 Å². The van der Waals surface area contributed by atoms with Crippen molar-refractivity contribution >= 4 is 11.8 Å². The van der Waals surface area contributed by atoms with Crippen molar-refractivity contribution < 1.29 is 14.0 Å². The molecule has 0 saturated heterocycles. The zero-order valence-electron chi connectivity index (χ0n) is 9.99. The van der Waals surface area contributed by atoms with E-state index in [-0.39, 0.29) is 24.7 Å². The summed E-state index contributed by atoms with van der Waals surface area (Å²) in [5.41, 5.74) is 0. The number of rotatable bonds is 7. The molecule has 2 amide bonds. The van der Waals surface area contributed by atoms with Gasteiger partial charge in [0.05, 0.1) is 12.8 Å². The summed E-state index contributed by atoms with van der Waals surface area (Å²) in [5.74, 6) is 0.474. The molecule has 2 N–H and O–H groups in total. The highest BCUT2D eigenvalue weighted by atomic mass is 16.3. The molecule has 94 valence electrons. The topological polar surface area (TPSA) is 71.3 Å². The molecule has 0 fully saturated rings. The molecule has 5 heteroatoms. The Kier molecular flexibility index (Phi) is 5.85. The number of amides is 2. The normalized spacial score (nSPS) is 9.94. The van der Waals surface area contributed by atoms with Gasteiger partial charge in [0.2, 0.25) is 11.8 Å². The molecule has 0 aliphatic rings. The number of carbonyl (C=O) groups is 2. The molecule has 0 aromatic carbocycles. The zero-order valence-corrected chi connectivity index (χ0v) is 9.99. The van der Waals surface area contributed by atoms with Crippen molar-refractivity contribution in [1.29, 1.82) is 0 Å². The molecule has 1 aromatic heterocycles. The number of furan rings is 1. The minimum Gasteiger partial charge on any atom is -0.467 e. The molecule has 17 heavy (non-hydrogen) atoms. The van der Waals surface area contributed by atoms with Crippen molar-refractivity contribution in [2.45, 2.75) is 32.7 Å². The number of nitrogens with one attached hydrogen (secondary N) is 2. The van der Waals surface area contributed by atoms with E-state index in [1.165, 1.54) is 0 Å². The summed E-state index contributed by atoms with van der Waals surface area (Å²) in [5, 5.41) is 5.40. The second-order valence-electron chi connectivity index (χ2n) is 3.71. The van der Waals surface area contributed by atoms with Crippen LogP contribution >= 0.6 is 0 Å². The van der Waals surface area contributed by atoms with E-state index in [0.29, 0.717) is 18.8 Å². The van der Waals surface area contributed by atoms with E-state index in [0.717, 1.165) is 6.42 Å². The minimum atomic E-state index is -0.145. The van der Waals surface area contributed by atoms with Crippen LogP contribution in [-0.2, 0) is 16.1 Å². The van der Waals surface area contributed by atoms with Crippen molar-refractivity contribution in [2.24, 2.45) is 0 Å². The van der Waals surface area contributed by atoms with Crippen molar-refractivity contribution in [1.82, 2.24) is 10.6 Å². The molecule has 1 heterocycles. The summed E-state index contributed by atoms with van der Waals surface area (Å²) in [6, 6.07) is 3.55. The van der Waals surface area contributed by atoms with Crippen LogP contribution < -0.4 is 10.6 Å². The quantitative estimate of drug-likeness (QED) is 0.749. The van der Waals surface area contributed by atoms with Crippen LogP contribution in [0.5, 0.6) is 0 Å². The summed E-state index contributed by atoms with van der Waals surface area (Å²) in [6.45, 7) is 3.01. The lowest BCUT2D eigenvalue weighted by Gasteiger charge is -2.04. The number of hydrogen-bond donors (Lipinski definition) is 2. The summed E-state index contributed by atoms with van der Waals surface area (Å²) < 4.78 is 5.07. The molecule has 0 bridgehead atoms. The SMILES string of the molecule is CCCNC(=O)CCC(=O)NCc1ccco1. The standard InChI is InChI=1S/C12H18N2O3/c1-2-7-13-11(15)5-6-12(16)14-9-10-4-3-8-17-10/h3-4,8H,2,5-7,9H2,1H3,(H,13,15)(H,14,16). The molecule has 1 aromatic rings. The van der Waals surface area contributed by atoms with Crippen LogP contribution in [0.1, 0.15) is 31.9 Å². The van der Waals surface area contributed by atoms with Crippen molar-refractivity contribution in [3.05, 3.63) is 24.2 Å². The third kappa shape index (κ3) is 5.75. The van der Waals surface area contributed by atoms with E-state index < -0.39 is 0 Å². The highest BCUT2D eigenvalue weighted by molar-refractivity contribution is 5.83. The first kappa shape index (κ1) is 13.3. The van der Waals surface area contributed by atoms with Gasteiger partial charge in [0.15, 0.2) is 0 Å². The van der Waals surface area contributed by atoms with E-state index in [4.69, 9.17) is 4.42 Å². The van der Waals surface area contributed by atoms with Gasteiger partial charge in [-0.25, -0.2) is 0 Å². The van der Waals surface area contributed by atoms with Gasteiger partial charge >= 0.3 is 0 Å². The van der Waals surface area contributed by atoms with Gasteiger partial charge in [0.1, 0.15) is 5.76 Å². The van der Waals surface area contributed by atoms with Crippen molar-refractivity contribution in [3.8, 4) is 0 Å². The maximum atomic E-state index is 11.4. The van der Waals surface area contributed by atoms with Crippen LogP contribution in [-0.4, -0.2) is 18.4 Å². The Morgan fingerprint density at radius 3 is 2.53 bits per heavy atom. The first-order chi connectivity index (χ1) is 8.22. The number of carbonyl (C=O) groups excluding carboxylic acids is 2. The predicted molar refractivity (Wildman–Crippen MR) is 63.1 cm³/mol.